The number of nitrogens with two attached hydrogens (primary N) is 1. The Hall–Kier alpha value is -1.79. The van der Waals surface area contributed by atoms with E-state index >= 15 is 0 Å². The zero-order valence-electron chi connectivity index (χ0n) is 14.2. The maximum Gasteiger partial charge on any atom is 0.226 e. The minimum absolute atomic E-state index is 0.0789. The van der Waals surface area contributed by atoms with Crippen LogP contribution in [0.3, 0.4) is 0 Å². The van der Waals surface area contributed by atoms with Gasteiger partial charge in [-0.1, -0.05) is 12.5 Å². The van der Waals surface area contributed by atoms with E-state index in [1.54, 1.807) is 6.20 Å². The van der Waals surface area contributed by atoms with Crippen LogP contribution in [-0.2, 0) is 11.2 Å². The lowest BCUT2D eigenvalue weighted by atomic mass is 9.67. The van der Waals surface area contributed by atoms with E-state index in [1.165, 1.54) is 30.6 Å². The van der Waals surface area contributed by atoms with Crippen molar-refractivity contribution in [3.05, 3.63) is 35.5 Å². The molecule has 2 aromatic rings. The van der Waals surface area contributed by atoms with Crippen molar-refractivity contribution in [3.8, 4) is 10.7 Å². The van der Waals surface area contributed by atoms with Gasteiger partial charge in [-0.25, -0.2) is 4.98 Å². The second kappa shape index (κ2) is 7.22. The molecule has 2 aliphatic carbocycles. The summed E-state index contributed by atoms with van der Waals surface area (Å²) in [4.78, 5) is 21.4. The number of carbonyl (C=O) groups is 1. The second-order valence-electron chi connectivity index (χ2n) is 7.31. The Balaban J connectivity index is 1.39. The highest BCUT2D eigenvalue weighted by atomic mass is 32.1. The molecule has 3 N–H and O–H groups in total. The number of amides is 1. The Kier molecular flexibility index (Phi) is 4.81. The monoisotopic (exact) mass is 356 g/mol. The second-order valence-corrected chi connectivity index (χ2v) is 8.17. The summed E-state index contributed by atoms with van der Waals surface area (Å²) in [5.41, 5.74) is 7.85. The van der Waals surface area contributed by atoms with Gasteiger partial charge in [0.15, 0.2) is 0 Å². The van der Waals surface area contributed by atoms with E-state index in [4.69, 9.17) is 5.73 Å². The smallest absolute Gasteiger partial charge is 0.226 e. The van der Waals surface area contributed by atoms with Crippen molar-refractivity contribution in [2.24, 2.45) is 17.6 Å². The minimum Gasteiger partial charge on any atom is -0.352 e. The summed E-state index contributed by atoms with van der Waals surface area (Å²) in [6.07, 6.45) is 7.84. The average molecular weight is 356 g/mol. The molecule has 132 valence electrons. The maximum absolute atomic E-state index is 12.5. The lowest BCUT2D eigenvalue weighted by Crippen LogP contribution is -2.54. The normalized spacial score (nSPS) is 28.5. The largest absolute Gasteiger partial charge is 0.352 e. The van der Waals surface area contributed by atoms with Gasteiger partial charge in [0, 0.05) is 23.7 Å². The molecule has 2 aromatic heterocycles. The fourth-order valence-corrected chi connectivity index (χ4v) is 5.22. The molecular weight excluding hydrogens is 332 g/mol. The molecule has 2 bridgehead atoms. The Labute approximate surface area is 152 Å². The molecule has 1 amide bonds. The van der Waals surface area contributed by atoms with Crippen LogP contribution in [-0.4, -0.2) is 28.0 Å². The third-order valence-electron chi connectivity index (χ3n) is 5.48. The van der Waals surface area contributed by atoms with Crippen molar-refractivity contribution in [3.63, 3.8) is 0 Å². The van der Waals surface area contributed by atoms with Crippen molar-refractivity contribution >= 4 is 17.2 Å². The number of hydrogen-bond acceptors (Lipinski definition) is 5. The van der Waals surface area contributed by atoms with Crippen molar-refractivity contribution in [2.75, 3.05) is 0 Å². The Morgan fingerprint density at radius 1 is 1.28 bits per heavy atom. The summed E-state index contributed by atoms with van der Waals surface area (Å²) in [7, 11) is 0. The standard InChI is InChI=1S/C19H24N4OS/c20-14-8-12-4-3-5-13(9-14)18(12)23-17(24)10-15-11-25-19(22-15)16-6-1-2-7-21-16/h1-2,6-7,11-14,18H,3-5,8-10,20H2,(H,23,24). The predicted octanol–water partition coefficient (Wildman–Crippen LogP) is 2.77. The number of nitrogens with one attached hydrogen (secondary N) is 1. The molecule has 2 fully saturated rings. The zero-order valence-corrected chi connectivity index (χ0v) is 15.0. The van der Waals surface area contributed by atoms with Crippen molar-refractivity contribution in [1.29, 1.82) is 0 Å². The van der Waals surface area contributed by atoms with Gasteiger partial charge < -0.3 is 11.1 Å². The summed E-state index contributed by atoms with van der Waals surface area (Å²) in [5, 5.41) is 6.12. The number of carbonyl (C=O) groups excluding carboxylic acids is 1. The zero-order chi connectivity index (χ0) is 17.2. The summed E-state index contributed by atoms with van der Waals surface area (Å²) in [6, 6.07) is 6.38. The minimum atomic E-state index is 0.0789. The van der Waals surface area contributed by atoms with Gasteiger partial charge in [-0.15, -0.1) is 11.3 Å². The van der Waals surface area contributed by atoms with Crippen molar-refractivity contribution < 1.29 is 4.79 Å². The first kappa shape index (κ1) is 16.7. The van der Waals surface area contributed by atoms with E-state index in [1.807, 2.05) is 23.6 Å². The molecule has 6 heteroatoms. The number of thiazole rings is 1. The first-order valence-electron chi connectivity index (χ1n) is 9.10. The molecule has 0 aromatic carbocycles. The van der Waals surface area contributed by atoms with Crippen LogP contribution in [0.15, 0.2) is 29.8 Å². The van der Waals surface area contributed by atoms with Gasteiger partial charge in [0.1, 0.15) is 5.01 Å². The molecule has 2 saturated carbocycles. The third kappa shape index (κ3) is 3.75. The summed E-state index contributed by atoms with van der Waals surface area (Å²) in [6.45, 7) is 0. The SMILES string of the molecule is NC1CC2CCCC(C1)C2NC(=O)Cc1csc(-c2ccccn2)n1. The van der Waals surface area contributed by atoms with Crippen LogP contribution in [0, 0.1) is 11.8 Å². The molecule has 5 nitrogen and oxygen atoms in total. The predicted molar refractivity (Wildman–Crippen MR) is 99.0 cm³/mol. The number of pyridine rings is 1. The quantitative estimate of drug-likeness (QED) is 0.883. The van der Waals surface area contributed by atoms with Gasteiger partial charge in [-0.05, 0) is 49.7 Å². The van der Waals surface area contributed by atoms with Crippen LogP contribution in [0.25, 0.3) is 10.7 Å². The first-order chi connectivity index (χ1) is 12.2. The van der Waals surface area contributed by atoms with Crippen LogP contribution in [0.1, 0.15) is 37.8 Å². The molecule has 0 saturated heterocycles. The van der Waals surface area contributed by atoms with Crippen LogP contribution in [0.5, 0.6) is 0 Å². The Morgan fingerprint density at radius 3 is 2.80 bits per heavy atom. The van der Waals surface area contributed by atoms with Gasteiger partial charge in [0.25, 0.3) is 0 Å². The van der Waals surface area contributed by atoms with Crippen molar-refractivity contribution in [2.45, 2.75) is 50.6 Å². The van der Waals surface area contributed by atoms with E-state index in [0.29, 0.717) is 30.3 Å². The number of nitrogens with zero attached hydrogens (tertiary/aromatic N) is 2. The van der Waals surface area contributed by atoms with Gasteiger partial charge in [-0.3, -0.25) is 9.78 Å². The van der Waals surface area contributed by atoms with Crippen LogP contribution in [0.2, 0.25) is 0 Å². The first-order valence-corrected chi connectivity index (χ1v) is 9.98. The summed E-state index contributed by atoms with van der Waals surface area (Å²) in [5.74, 6) is 1.17. The van der Waals surface area contributed by atoms with Gasteiger partial charge >= 0.3 is 0 Å². The molecular formula is C19H24N4OS. The molecule has 2 atom stereocenters. The van der Waals surface area contributed by atoms with Gasteiger partial charge in [-0.2, -0.15) is 0 Å². The molecule has 2 unspecified atom stereocenters. The molecule has 0 radical (unpaired) electrons. The number of aromatic nitrogens is 2. The highest BCUT2D eigenvalue weighted by molar-refractivity contribution is 7.13. The fraction of sp³-hybridized carbons (Fsp3) is 0.526. The number of hydrogen-bond donors (Lipinski definition) is 2. The molecule has 25 heavy (non-hydrogen) atoms. The molecule has 4 rings (SSSR count). The van der Waals surface area contributed by atoms with E-state index in [2.05, 4.69) is 15.3 Å². The lowest BCUT2D eigenvalue weighted by Gasteiger charge is -2.45. The van der Waals surface area contributed by atoms with E-state index in [-0.39, 0.29) is 5.91 Å². The highest BCUT2D eigenvalue weighted by Gasteiger charge is 2.39. The van der Waals surface area contributed by atoms with E-state index in [9.17, 15) is 4.79 Å². The van der Waals surface area contributed by atoms with Crippen LogP contribution < -0.4 is 11.1 Å². The highest BCUT2D eigenvalue weighted by Crippen LogP contribution is 2.39. The summed E-state index contributed by atoms with van der Waals surface area (Å²) < 4.78 is 0. The molecule has 2 aliphatic rings. The number of rotatable bonds is 4. The van der Waals surface area contributed by atoms with Crippen LogP contribution in [0.4, 0.5) is 0 Å². The maximum atomic E-state index is 12.5. The Bertz CT molecular complexity index is 718. The molecule has 0 spiro atoms. The molecule has 0 aliphatic heterocycles. The Morgan fingerprint density at radius 2 is 2.08 bits per heavy atom. The van der Waals surface area contributed by atoms with Crippen LogP contribution >= 0.6 is 11.3 Å². The van der Waals surface area contributed by atoms with Gasteiger partial charge in [0.2, 0.25) is 5.91 Å². The number of fused-ring (bicyclic) bond motifs is 2. The summed E-state index contributed by atoms with van der Waals surface area (Å²) >= 11 is 1.54. The van der Waals surface area contributed by atoms with Gasteiger partial charge in [0.05, 0.1) is 17.8 Å². The fourth-order valence-electron chi connectivity index (χ4n) is 4.42. The van der Waals surface area contributed by atoms with Crippen molar-refractivity contribution in [1.82, 2.24) is 15.3 Å². The third-order valence-corrected chi connectivity index (χ3v) is 6.40. The molecule has 2 heterocycles. The van der Waals surface area contributed by atoms with E-state index in [0.717, 1.165) is 29.2 Å². The topological polar surface area (TPSA) is 80.9 Å². The average Bonchev–Trinajstić information content (AvgIpc) is 3.05. The lowest BCUT2D eigenvalue weighted by molar-refractivity contribution is -0.122. The van der Waals surface area contributed by atoms with E-state index < -0.39 is 0 Å².